The number of hydrogen-bond donors (Lipinski definition) is 0. The number of carbonyl (C=O) groups is 2. The lowest BCUT2D eigenvalue weighted by Crippen LogP contribution is -2.28. The molecular formula is C20H14Cl2N4O2S. The molecule has 1 amide bonds. The highest BCUT2D eigenvalue weighted by Crippen LogP contribution is 2.41. The Morgan fingerprint density at radius 2 is 1.66 bits per heavy atom. The second kappa shape index (κ2) is 7.67. The minimum absolute atomic E-state index is 0.219. The van der Waals surface area contributed by atoms with Crippen molar-refractivity contribution in [3.05, 3.63) is 64.1 Å². The Balaban J connectivity index is 1.90. The smallest absolute Gasteiger partial charge is 0.245 e. The molecule has 1 aliphatic rings. The summed E-state index contributed by atoms with van der Waals surface area (Å²) >= 11 is 13.4. The molecule has 0 aliphatic carbocycles. The van der Waals surface area contributed by atoms with Crippen LogP contribution in [0.15, 0.2) is 58.7 Å². The summed E-state index contributed by atoms with van der Waals surface area (Å²) in [5.74, 6) is 0.230. The highest BCUT2D eigenvalue weighted by molar-refractivity contribution is 8.14. The van der Waals surface area contributed by atoms with Crippen molar-refractivity contribution in [1.82, 2.24) is 9.55 Å². The van der Waals surface area contributed by atoms with Gasteiger partial charge in [0.25, 0.3) is 0 Å². The van der Waals surface area contributed by atoms with Gasteiger partial charge in [0.05, 0.1) is 10.0 Å². The molecule has 0 N–H and O–H groups in total. The maximum absolute atomic E-state index is 12.5. The average molecular weight is 445 g/mol. The van der Waals surface area contributed by atoms with Gasteiger partial charge >= 0.3 is 0 Å². The van der Waals surface area contributed by atoms with Gasteiger partial charge in [0.15, 0.2) is 5.82 Å². The van der Waals surface area contributed by atoms with Crippen LogP contribution in [-0.4, -0.2) is 26.4 Å². The van der Waals surface area contributed by atoms with E-state index >= 15 is 0 Å². The van der Waals surface area contributed by atoms with E-state index in [4.69, 9.17) is 23.2 Å². The molecule has 1 aliphatic heterocycles. The van der Waals surface area contributed by atoms with E-state index in [1.807, 2.05) is 30.3 Å². The predicted octanol–water partition coefficient (Wildman–Crippen LogP) is 5.34. The number of thioether (sulfide) groups is 1. The van der Waals surface area contributed by atoms with E-state index in [1.165, 1.54) is 35.2 Å². The van der Waals surface area contributed by atoms with Crippen LogP contribution in [0.4, 0.5) is 5.82 Å². The monoisotopic (exact) mass is 444 g/mol. The Hall–Kier alpha value is -2.61. The molecule has 3 aromatic rings. The summed E-state index contributed by atoms with van der Waals surface area (Å²) in [5.41, 5.74) is 1.44. The number of hydrogen-bond acceptors (Lipinski definition) is 5. The van der Waals surface area contributed by atoms with E-state index in [9.17, 15) is 9.59 Å². The van der Waals surface area contributed by atoms with Crippen LogP contribution in [0.1, 0.15) is 24.2 Å². The summed E-state index contributed by atoms with van der Waals surface area (Å²) in [6.07, 6.45) is 0. The highest BCUT2D eigenvalue weighted by atomic mass is 35.5. The molecule has 0 radical (unpaired) electrons. The summed E-state index contributed by atoms with van der Waals surface area (Å²) in [4.78, 5) is 29.4. The van der Waals surface area contributed by atoms with Crippen LogP contribution in [-0.2, 0) is 4.79 Å². The van der Waals surface area contributed by atoms with Crippen LogP contribution < -0.4 is 5.01 Å². The third kappa shape index (κ3) is 3.57. The van der Waals surface area contributed by atoms with Gasteiger partial charge in [-0.2, -0.15) is 10.1 Å². The van der Waals surface area contributed by atoms with E-state index in [0.717, 1.165) is 5.56 Å². The number of imidazole rings is 1. The van der Waals surface area contributed by atoms with E-state index in [1.54, 1.807) is 18.2 Å². The number of fused-ring (bicyclic) bond motifs is 1. The summed E-state index contributed by atoms with van der Waals surface area (Å²) in [7, 11) is 0. The molecule has 29 heavy (non-hydrogen) atoms. The molecule has 1 aromatic heterocycles. The molecule has 4 rings (SSSR count). The first kappa shape index (κ1) is 19.7. The van der Waals surface area contributed by atoms with Crippen molar-refractivity contribution in [2.75, 3.05) is 5.01 Å². The maximum Gasteiger partial charge on any atom is 0.245 e. The van der Waals surface area contributed by atoms with Gasteiger partial charge in [0, 0.05) is 25.0 Å². The third-order valence-electron chi connectivity index (χ3n) is 4.21. The molecule has 2 heterocycles. The Labute approximate surface area is 181 Å². The third-order valence-corrected chi connectivity index (χ3v) is 6.02. The molecule has 6 nitrogen and oxygen atoms in total. The number of rotatable bonds is 2. The molecule has 0 unspecified atom stereocenters. The summed E-state index contributed by atoms with van der Waals surface area (Å²) < 4.78 is 1.50. The van der Waals surface area contributed by atoms with Gasteiger partial charge < -0.3 is 0 Å². The number of amides is 1. The lowest BCUT2D eigenvalue weighted by molar-refractivity contribution is -0.116. The summed E-state index contributed by atoms with van der Waals surface area (Å²) in [5, 5.41) is 7.46. The number of anilines is 1. The lowest BCUT2D eigenvalue weighted by atomic mass is 10.2. The van der Waals surface area contributed by atoms with E-state index in [0.29, 0.717) is 37.3 Å². The number of nitrogens with zero attached hydrogens (tertiary/aromatic N) is 4. The van der Waals surface area contributed by atoms with Crippen molar-refractivity contribution in [1.29, 1.82) is 0 Å². The van der Waals surface area contributed by atoms with Crippen molar-refractivity contribution in [3.8, 4) is 11.4 Å². The van der Waals surface area contributed by atoms with Crippen molar-refractivity contribution in [3.63, 3.8) is 0 Å². The van der Waals surface area contributed by atoms with Crippen molar-refractivity contribution >= 4 is 57.6 Å². The number of carbonyl (C=O) groups excluding carboxylic acids is 2. The van der Waals surface area contributed by atoms with E-state index in [2.05, 4.69) is 10.1 Å². The second-order valence-corrected chi connectivity index (χ2v) is 8.04. The van der Waals surface area contributed by atoms with Crippen LogP contribution in [0.2, 0.25) is 10.0 Å². The Morgan fingerprint density at radius 3 is 2.28 bits per heavy atom. The van der Waals surface area contributed by atoms with Crippen molar-refractivity contribution in [2.24, 2.45) is 5.10 Å². The lowest BCUT2D eigenvalue weighted by Gasteiger charge is -2.21. The largest absolute Gasteiger partial charge is 0.274 e. The quantitative estimate of drug-likeness (QED) is 0.534. The molecule has 0 spiro atoms. The van der Waals surface area contributed by atoms with Crippen LogP contribution in [0.3, 0.4) is 0 Å². The summed E-state index contributed by atoms with van der Waals surface area (Å²) in [6.45, 7) is 2.85. The molecule has 0 atom stereocenters. The van der Waals surface area contributed by atoms with Crippen molar-refractivity contribution < 1.29 is 9.59 Å². The molecule has 0 fully saturated rings. The molecule has 0 bridgehead atoms. The number of aromatic nitrogens is 2. The first-order chi connectivity index (χ1) is 13.9. The summed E-state index contributed by atoms with van der Waals surface area (Å²) in [6, 6.07) is 14.4. The number of hydrazone groups is 1. The average Bonchev–Trinajstić information content (AvgIpc) is 3.09. The minimum Gasteiger partial charge on any atom is -0.274 e. The fourth-order valence-corrected chi connectivity index (χ4v) is 4.29. The van der Waals surface area contributed by atoms with Gasteiger partial charge in [-0.05, 0) is 23.9 Å². The molecule has 2 aromatic carbocycles. The van der Waals surface area contributed by atoms with Gasteiger partial charge in [0.2, 0.25) is 11.8 Å². The highest BCUT2D eigenvalue weighted by Gasteiger charge is 2.32. The molecule has 0 saturated heterocycles. The maximum atomic E-state index is 12.5. The van der Waals surface area contributed by atoms with E-state index < -0.39 is 0 Å². The Morgan fingerprint density at radius 1 is 0.931 bits per heavy atom. The first-order valence-corrected chi connectivity index (χ1v) is 10.2. The fraction of sp³-hybridized carbons (Fsp3) is 0.100. The zero-order valence-electron chi connectivity index (χ0n) is 15.4. The predicted molar refractivity (Wildman–Crippen MR) is 116 cm³/mol. The van der Waals surface area contributed by atoms with Crippen LogP contribution in [0, 0.1) is 0 Å². The zero-order valence-corrected chi connectivity index (χ0v) is 17.7. The Kier molecular flexibility index (Phi) is 5.21. The topological polar surface area (TPSA) is 67.6 Å². The molecule has 0 saturated carbocycles. The first-order valence-electron chi connectivity index (χ1n) is 8.58. The zero-order chi connectivity index (χ0) is 20.7. The van der Waals surface area contributed by atoms with Crippen LogP contribution >= 0.6 is 35.0 Å². The fourth-order valence-electron chi connectivity index (χ4n) is 2.91. The minimum atomic E-state index is -0.322. The van der Waals surface area contributed by atoms with Crippen LogP contribution in [0.5, 0.6) is 0 Å². The SMILES string of the molecule is CC(=O)N1N=C(c2ccc(Cl)c(Cl)c2)Sc2c1nc(-c1ccccc1)n2C(C)=O. The van der Waals surface area contributed by atoms with Crippen LogP contribution in [0.25, 0.3) is 11.4 Å². The number of benzene rings is 2. The number of halogens is 2. The van der Waals surface area contributed by atoms with Gasteiger partial charge in [-0.3, -0.25) is 14.2 Å². The molecular weight excluding hydrogens is 431 g/mol. The second-order valence-electron chi connectivity index (χ2n) is 6.25. The van der Waals surface area contributed by atoms with Crippen molar-refractivity contribution in [2.45, 2.75) is 18.9 Å². The standard InChI is InChI=1S/C20H14Cl2N4O2S/c1-11(27)25-17(13-6-4-3-5-7-13)23-18-20(25)29-19(24-26(18)12(2)28)14-8-9-15(21)16(22)10-14/h3-10H,1-2H3. The molecule has 9 heteroatoms. The van der Waals surface area contributed by atoms with E-state index in [-0.39, 0.29) is 11.8 Å². The Bertz CT molecular complexity index is 1170. The van der Waals surface area contributed by atoms with Gasteiger partial charge in [-0.1, -0.05) is 59.6 Å². The van der Waals surface area contributed by atoms with Gasteiger partial charge in [-0.15, -0.1) is 0 Å². The van der Waals surface area contributed by atoms with Gasteiger partial charge in [-0.25, -0.2) is 4.98 Å². The normalized spacial score (nSPS) is 13.1. The molecule has 146 valence electrons. The van der Waals surface area contributed by atoms with Gasteiger partial charge in [0.1, 0.15) is 15.9 Å².